The fraction of sp³-hybridized carbons (Fsp3) is 0.286. The largest absolute Gasteiger partial charge is 0.481 e. The molecule has 13 heavy (non-hydrogen) atoms. The van der Waals surface area contributed by atoms with Crippen molar-refractivity contribution in [2.75, 3.05) is 7.11 Å². The molecule has 0 amide bonds. The summed E-state index contributed by atoms with van der Waals surface area (Å²) in [6.07, 6.45) is -4.35. The summed E-state index contributed by atoms with van der Waals surface area (Å²) < 4.78 is 41.2. The van der Waals surface area contributed by atoms with Gasteiger partial charge in [-0.15, -0.1) is 0 Å². The van der Waals surface area contributed by atoms with Gasteiger partial charge in [-0.3, -0.25) is 0 Å². The third kappa shape index (κ3) is 2.45. The molecule has 1 aromatic heterocycles. The van der Waals surface area contributed by atoms with Gasteiger partial charge in [-0.25, -0.2) is 4.98 Å². The van der Waals surface area contributed by atoms with Crippen molar-refractivity contribution >= 4 is 22.6 Å². The molecular weight excluding hydrogens is 298 g/mol. The average Bonchev–Trinajstić information content (AvgIpc) is 2.01. The van der Waals surface area contributed by atoms with Crippen LogP contribution in [0.3, 0.4) is 0 Å². The van der Waals surface area contributed by atoms with Gasteiger partial charge in [-0.05, 0) is 28.7 Å². The second-order valence-electron chi connectivity index (χ2n) is 2.19. The molecule has 72 valence electrons. The lowest BCUT2D eigenvalue weighted by Crippen LogP contribution is -2.08. The van der Waals surface area contributed by atoms with E-state index in [-0.39, 0.29) is 9.58 Å². The van der Waals surface area contributed by atoms with E-state index in [1.807, 2.05) is 0 Å². The minimum absolute atomic E-state index is 0.107. The molecule has 0 radical (unpaired) electrons. The molecule has 0 aliphatic heterocycles. The Hall–Kier alpha value is -0.530. The van der Waals surface area contributed by atoms with Gasteiger partial charge < -0.3 is 4.74 Å². The van der Waals surface area contributed by atoms with E-state index in [4.69, 9.17) is 0 Å². The Balaban J connectivity index is 3.13. The molecule has 0 aromatic carbocycles. The van der Waals surface area contributed by atoms with Gasteiger partial charge in [0.05, 0.1) is 12.7 Å². The maximum atomic E-state index is 12.2. The maximum absolute atomic E-state index is 12.2. The number of hydrogen-bond donors (Lipinski definition) is 0. The summed E-state index contributed by atoms with van der Waals surface area (Å²) in [6.45, 7) is 0. The monoisotopic (exact) mass is 303 g/mol. The number of hydrogen-bond acceptors (Lipinski definition) is 2. The maximum Gasteiger partial charge on any atom is 0.418 e. The number of alkyl halides is 3. The van der Waals surface area contributed by atoms with Crippen molar-refractivity contribution in [2.45, 2.75) is 6.18 Å². The van der Waals surface area contributed by atoms with Gasteiger partial charge >= 0.3 is 6.18 Å². The molecule has 0 atom stereocenters. The highest BCUT2D eigenvalue weighted by Crippen LogP contribution is 2.32. The topological polar surface area (TPSA) is 22.1 Å². The summed E-state index contributed by atoms with van der Waals surface area (Å²) >= 11 is 1.52. The number of nitrogens with zero attached hydrogens (tertiary/aromatic N) is 1. The molecule has 0 saturated carbocycles. The zero-order valence-electron chi connectivity index (χ0n) is 6.52. The molecule has 1 heterocycles. The predicted octanol–water partition coefficient (Wildman–Crippen LogP) is 2.71. The number of aromatic nitrogens is 1. The number of pyridine rings is 1. The molecule has 0 bridgehead atoms. The fourth-order valence-corrected chi connectivity index (χ4v) is 1.47. The summed E-state index contributed by atoms with van der Waals surface area (Å²) in [6, 6.07) is 2.14. The van der Waals surface area contributed by atoms with Crippen LogP contribution in [0.25, 0.3) is 0 Å². The molecule has 1 rings (SSSR count). The summed E-state index contributed by atoms with van der Waals surface area (Å²) in [5.74, 6) is 0.178. The molecule has 0 aliphatic carbocycles. The van der Waals surface area contributed by atoms with Crippen molar-refractivity contribution in [3.05, 3.63) is 21.4 Å². The SMILES string of the molecule is COc1ccc(C(F)(F)F)c(I)n1. The zero-order valence-corrected chi connectivity index (χ0v) is 8.68. The van der Waals surface area contributed by atoms with Crippen LogP contribution in [-0.2, 0) is 6.18 Å². The second-order valence-corrected chi connectivity index (χ2v) is 3.21. The Morgan fingerprint density at radius 2 is 2.00 bits per heavy atom. The molecule has 0 fully saturated rings. The first-order valence-electron chi connectivity index (χ1n) is 3.23. The highest BCUT2D eigenvalue weighted by molar-refractivity contribution is 14.1. The van der Waals surface area contributed by atoms with E-state index in [9.17, 15) is 13.2 Å². The van der Waals surface area contributed by atoms with Gasteiger partial charge in [-0.2, -0.15) is 13.2 Å². The van der Waals surface area contributed by atoms with Gasteiger partial charge in [0.25, 0.3) is 0 Å². The number of halogens is 4. The minimum Gasteiger partial charge on any atom is -0.481 e. The van der Waals surface area contributed by atoms with Crippen molar-refractivity contribution in [3.8, 4) is 5.88 Å². The highest BCUT2D eigenvalue weighted by Gasteiger charge is 2.33. The van der Waals surface area contributed by atoms with Crippen LogP contribution >= 0.6 is 22.6 Å². The smallest absolute Gasteiger partial charge is 0.418 e. The lowest BCUT2D eigenvalue weighted by atomic mass is 10.3. The Morgan fingerprint density at radius 1 is 1.38 bits per heavy atom. The Bertz CT molecular complexity index is 313. The van der Waals surface area contributed by atoms with E-state index in [0.717, 1.165) is 6.07 Å². The molecule has 0 aliphatic rings. The Kier molecular flexibility index (Phi) is 2.99. The van der Waals surface area contributed by atoms with Crippen LogP contribution in [0.4, 0.5) is 13.2 Å². The standard InChI is InChI=1S/C7H5F3INO/c1-13-5-3-2-4(6(11)12-5)7(8,9)10/h2-3H,1H3. The average molecular weight is 303 g/mol. The van der Waals surface area contributed by atoms with E-state index >= 15 is 0 Å². The van der Waals surface area contributed by atoms with Gasteiger partial charge in [-0.1, -0.05) is 0 Å². The van der Waals surface area contributed by atoms with Gasteiger partial charge in [0.2, 0.25) is 5.88 Å². The molecule has 1 aromatic rings. The van der Waals surface area contributed by atoms with E-state index in [2.05, 4.69) is 9.72 Å². The highest BCUT2D eigenvalue weighted by atomic mass is 127. The lowest BCUT2D eigenvalue weighted by molar-refractivity contribution is -0.138. The van der Waals surface area contributed by atoms with Gasteiger partial charge in [0.1, 0.15) is 3.70 Å². The van der Waals surface area contributed by atoms with E-state index < -0.39 is 11.7 Å². The minimum atomic E-state index is -4.35. The lowest BCUT2D eigenvalue weighted by Gasteiger charge is -2.08. The first-order chi connectivity index (χ1) is 5.95. The summed E-state index contributed by atoms with van der Waals surface area (Å²) in [7, 11) is 1.35. The second kappa shape index (κ2) is 3.69. The van der Waals surface area contributed by atoms with Crippen molar-refractivity contribution in [2.24, 2.45) is 0 Å². The number of rotatable bonds is 1. The molecule has 0 saturated heterocycles. The van der Waals surface area contributed by atoms with Crippen LogP contribution in [-0.4, -0.2) is 12.1 Å². The van der Waals surface area contributed by atoms with Crippen LogP contribution in [0.15, 0.2) is 12.1 Å². The fourth-order valence-electron chi connectivity index (χ4n) is 0.743. The van der Waals surface area contributed by atoms with Crippen LogP contribution in [0.1, 0.15) is 5.56 Å². The first kappa shape index (κ1) is 10.6. The first-order valence-corrected chi connectivity index (χ1v) is 4.30. The van der Waals surface area contributed by atoms with Crippen molar-refractivity contribution in [3.63, 3.8) is 0 Å². The van der Waals surface area contributed by atoms with Gasteiger partial charge in [0, 0.05) is 6.07 Å². The van der Waals surface area contributed by atoms with Crippen LogP contribution in [0.5, 0.6) is 5.88 Å². The molecule has 0 N–H and O–H groups in total. The van der Waals surface area contributed by atoms with Crippen molar-refractivity contribution < 1.29 is 17.9 Å². The number of ether oxygens (including phenoxy) is 1. The Morgan fingerprint density at radius 3 is 2.38 bits per heavy atom. The van der Waals surface area contributed by atoms with Crippen LogP contribution in [0.2, 0.25) is 0 Å². The van der Waals surface area contributed by atoms with Crippen molar-refractivity contribution in [1.82, 2.24) is 4.98 Å². The van der Waals surface area contributed by atoms with E-state index in [1.165, 1.54) is 35.8 Å². The Labute approximate surface area is 86.3 Å². The van der Waals surface area contributed by atoms with Crippen LogP contribution in [0, 0.1) is 3.70 Å². The van der Waals surface area contributed by atoms with Crippen molar-refractivity contribution in [1.29, 1.82) is 0 Å². The third-order valence-electron chi connectivity index (χ3n) is 1.34. The molecule has 6 heteroatoms. The normalized spacial score (nSPS) is 11.5. The van der Waals surface area contributed by atoms with Crippen LogP contribution < -0.4 is 4.74 Å². The van der Waals surface area contributed by atoms with Gasteiger partial charge in [0.15, 0.2) is 0 Å². The zero-order chi connectivity index (χ0) is 10.1. The number of methoxy groups -OCH3 is 1. The molecule has 0 unspecified atom stereocenters. The summed E-state index contributed by atoms with van der Waals surface area (Å²) in [5, 5.41) is 0. The quantitative estimate of drug-likeness (QED) is 0.588. The molecule has 2 nitrogen and oxygen atoms in total. The summed E-state index contributed by atoms with van der Waals surface area (Å²) in [5.41, 5.74) is -0.742. The van der Waals surface area contributed by atoms with E-state index in [1.54, 1.807) is 0 Å². The molecule has 0 spiro atoms. The molecular formula is C7H5F3INO. The predicted molar refractivity (Wildman–Crippen MR) is 48.5 cm³/mol. The summed E-state index contributed by atoms with van der Waals surface area (Å²) in [4.78, 5) is 3.60. The third-order valence-corrected chi connectivity index (χ3v) is 2.16. The van der Waals surface area contributed by atoms with E-state index in [0.29, 0.717) is 0 Å².